The monoisotopic (exact) mass is 1000 g/mol. The maximum Gasteiger partial charge on any atom is 0.338 e. The Bertz CT molecular complexity index is 3640. The highest BCUT2D eigenvalue weighted by Crippen LogP contribution is 2.47. The van der Waals surface area contributed by atoms with Gasteiger partial charge in [-0.25, -0.2) is 14.8 Å². The minimum Gasteiger partial charge on any atom is -0.491 e. The van der Waals surface area contributed by atoms with Crippen LogP contribution in [0.2, 0.25) is 5.02 Å². The standard InChI is InChI=1S/C61H52ClN5O5S/c1-35-26-51(59-58(64-35)54(34-73-59)61(69)70)50-30-40(62)18-21-56(50)72-25-24-67-36(2)65-55-20-19-41(31-52(55)60(67)68)66(32-37-22-23-63-57(27-37)71-3)33-53(46-16-8-14-44-42-12-6-4-10-38(42)28-48(44)46)47-17-9-15-45-43-13-7-5-11-39(43)29-49(45)47/h4-18,21-23,26-27,30,34,41,53H,19-20,24-25,28-29,31-33H2,1-3H3,(H,69,70). The summed E-state index contributed by atoms with van der Waals surface area (Å²) in [6.45, 7) is 5.56. The Kier molecular flexibility index (Phi) is 12.3. The minimum atomic E-state index is -1.03. The number of aromatic nitrogens is 4. The highest BCUT2D eigenvalue weighted by molar-refractivity contribution is 7.18. The molecule has 364 valence electrons. The first-order chi connectivity index (χ1) is 35.6. The van der Waals surface area contributed by atoms with Gasteiger partial charge < -0.3 is 14.6 Å². The molecule has 12 heteroatoms. The number of carboxylic acids is 1. The van der Waals surface area contributed by atoms with Crippen LogP contribution < -0.4 is 15.0 Å². The van der Waals surface area contributed by atoms with Gasteiger partial charge in [0.05, 0.1) is 35.1 Å². The Labute approximate surface area is 432 Å². The summed E-state index contributed by atoms with van der Waals surface area (Å²) in [5.74, 6) is 0.772. The predicted molar refractivity (Wildman–Crippen MR) is 289 cm³/mol. The number of thiophene rings is 1. The summed E-state index contributed by atoms with van der Waals surface area (Å²) >= 11 is 7.91. The lowest BCUT2D eigenvalue weighted by Gasteiger charge is -2.38. The SMILES string of the molecule is COc1cc(CN(CC(c2cccc3c2Cc2ccccc2-3)c2cccc3c2Cc2ccccc2-3)C2CCc3nc(C)n(CCOc4ccc(Cl)cc4-c4cc(C)nc5c(C(=O)O)csc45)c(=O)c3C2)ccn1. The lowest BCUT2D eigenvalue weighted by atomic mass is 9.81. The fourth-order valence-electron chi connectivity index (χ4n) is 11.8. The number of carboxylic acid groups (broad SMARTS) is 1. The lowest BCUT2D eigenvalue weighted by molar-refractivity contribution is 0.0699. The molecule has 0 amide bonds. The molecule has 0 saturated carbocycles. The number of ether oxygens (including phenoxy) is 2. The van der Waals surface area contributed by atoms with Crippen molar-refractivity contribution in [3.8, 4) is 45.0 Å². The van der Waals surface area contributed by atoms with Gasteiger partial charge in [-0.3, -0.25) is 19.2 Å². The molecule has 73 heavy (non-hydrogen) atoms. The zero-order valence-corrected chi connectivity index (χ0v) is 42.4. The van der Waals surface area contributed by atoms with Crippen LogP contribution in [0.4, 0.5) is 0 Å². The van der Waals surface area contributed by atoms with E-state index in [2.05, 4.69) is 106 Å². The number of benzene rings is 5. The summed E-state index contributed by atoms with van der Waals surface area (Å²) in [6.07, 6.45) is 5.66. The number of aryl methyl sites for hydroxylation is 3. The van der Waals surface area contributed by atoms with Gasteiger partial charge in [-0.1, -0.05) is 96.5 Å². The van der Waals surface area contributed by atoms with E-state index in [1.165, 1.54) is 67.0 Å². The quantitative estimate of drug-likeness (QED) is 0.114. The second-order valence-corrected chi connectivity index (χ2v) is 20.8. The van der Waals surface area contributed by atoms with Crippen LogP contribution in [0.3, 0.4) is 0 Å². The molecule has 0 fully saturated rings. The van der Waals surface area contributed by atoms with Crippen molar-refractivity contribution >= 4 is 39.1 Å². The van der Waals surface area contributed by atoms with Gasteiger partial charge in [0, 0.05) is 70.1 Å². The molecule has 1 N–H and O–H groups in total. The van der Waals surface area contributed by atoms with Crippen LogP contribution in [0.15, 0.2) is 138 Å². The van der Waals surface area contributed by atoms with Crippen molar-refractivity contribution in [2.24, 2.45) is 0 Å². The van der Waals surface area contributed by atoms with E-state index < -0.39 is 5.97 Å². The van der Waals surface area contributed by atoms with E-state index in [1.54, 1.807) is 23.1 Å². The van der Waals surface area contributed by atoms with Gasteiger partial charge in [0.2, 0.25) is 5.88 Å². The number of hydrogen-bond donors (Lipinski definition) is 1. The third-order valence-corrected chi connectivity index (χ3v) is 16.5. The number of pyridine rings is 2. The molecule has 12 rings (SSSR count). The van der Waals surface area contributed by atoms with Gasteiger partial charge in [-0.2, -0.15) is 0 Å². The third kappa shape index (κ3) is 8.58. The molecule has 0 spiro atoms. The number of aromatic carboxylic acids is 1. The fourth-order valence-corrected chi connectivity index (χ4v) is 13.0. The summed E-state index contributed by atoms with van der Waals surface area (Å²) in [5, 5.41) is 12.0. The molecule has 0 aliphatic heterocycles. The fraction of sp³-hybridized carbons (Fsp3) is 0.230. The molecule has 1 atom stereocenters. The summed E-state index contributed by atoms with van der Waals surface area (Å²) in [7, 11) is 1.65. The van der Waals surface area contributed by atoms with Crippen molar-refractivity contribution < 1.29 is 19.4 Å². The van der Waals surface area contributed by atoms with E-state index in [-0.39, 0.29) is 36.2 Å². The van der Waals surface area contributed by atoms with E-state index in [9.17, 15) is 14.7 Å². The zero-order chi connectivity index (χ0) is 49.9. The smallest absolute Gasteiger partial charge is 0.338 e. The number of fused-ring (bicyclic) bond motifs is 8. The molecule has 0 radical (unpaired) electrons. The number of halogens is 1. The van der Waals surface area contributed by atoms with Gasteiger partial charge in [-0.15, -0.1) is 11.3 Å². The zero-order valence-electron chi connectivity index (χ0n) is 40.8. The van der Waals surface area contributed by atoms with E-state index >= 15 is 0 Å². The maximum atomic E-state index is 15.0. The average molecular weight is 1000 g/mol. The molecule has 10 nitrogen and oxygen atoms in total. The van der Waals surface area contributed by atoms with Crippen LogP contribution in [0, 0.1) is 13.8 Å². The van der Waals surface area contributed by atoms with Crippen LogP contribution in [-0.4, -0.2) is 61.8 Å². The van der Waals surface area contributed by atoms with Crippen molar-refractivity contribution in [3.05, 3.63) is 216 Å². The number of carbonyl (C=O) groups is 1. The van der Waals surface area contributed by atoms with Crippen LogP contribution in [-0.2, 0) is 38.8 Å². The van der Waals surface area contributed by atoms with E-state index in [1.807, 2.05) is 44.3 Å². The van der Waals surface area contributed by atoms with Crippen molar-refractivity contribution in [3.63, 3.8) is 0 Å². The van der Waals surface area contributed by atoms with E-state index in [0.717, 1.165) is 58.5 Å². The second kappa shape index (κ2) is 19.2. The first kappa shape index (κ1) is 46.6. The maximum absolute atomic E-state index is 15.0. The normalized spacial score (nSPS) is 14.2. The molecule has 4 aromatic heterocycles. The van der Waals surface area contributed by atoms with E-state index in [0.29, 0.717) is 53.1 Å². The first-order valence-electron chi connectivity index (χ1n) is 24.9. The molecule has 0 saturated heterocycles. The van der Waals surface area contributed by atoms with Gasteiger partial charge in [0.1, 0.15) is 18.2 Å². The molecular formula is C61H52ClN5O5S. The lowest BCUT2D eigenvalue weighted by Crippen LogP contribution is -2.44. The van der Waals surface area contributed by atoms with Gasteiger partial charge >= 0.3 is 5.97 Å². The van der Waals surface area contributed by atoms with Crippen LogP contribution in [0.25, 0.3) is 43.6 Å². The summed E-state index contributed by atoms with van der Waals surface area (Å²) in [5.41, 5.74) is 18.9. The Morgan fingerprint density at radius 3 is 2.22 bits per heavy atom. The Hall–Kier alpha value is -7.44. The van der Waals surface area contributed by atoms with Crippen LogP contribution >= 0.6 is 22.9 Å². The Morgan fingerprint density at radius 2 is 1.52 bits per heavy atom. The predicted octanol–water partition coefficient (Wildman–Crippen LogP) is 12.3. The number of nitrogens with zero attached hydrogens (tertiary/aromatic N) is 5. The number of rotatable bonds is 14. The first-order valence-corrected chi connectivity index (χ1v) is 26.1. The molecule has 9 aromatic rings. The third-order valence-electron chi connectivity index (χ3n) is 15.2. The molecule has 3 aliphatic rings. The summed E-state index contributed by atoms with van der Waals surface area (Å²) in [6, 6.07) is 42.9. The Balaban J connectivity index is 0.887. The number of methoxy groups -OCH3 is 1. The topological polar surface area (TPSA) is 120 Å². The molecule has 1 unspecified atom stereocenters. The highest BCUT2D eigenvalue weighted by atomic mass is 35.5. The van der Waals surface area contributed by atoms with Gasteiger partial charge in [0.25, 0.3) is 5.56 Å². The summed E-state index contributed by atoms with van der Waals surface area (Å²) < 4.78 is 14.7. The molecule has 3 aliphatic carbocycles. The highest BCUT2D eigenvalue weighted by Gasteiger charge is 2.35. The van der Waals surface area contributed by atoms with Crippen LogP contribution in [0.1, 0.15) is 84.4 Å². The van der Waals surface area contributed by atoms with Gasteiger partial charge in [-0.05, 0) is 137 Å². The Morgan fingerprint density at radius 1 is 0.822 bits per heavy atom. The minimum absolute atomic E-state index is 0.0209. The molecule has 4 heterocycles. The van der Waals surface area contributed by atoms with Crippen molar-refractivity contribution in [1.29, 1.82) is 0 Å². The van der Waals surface area contributed by atoms with Crippen molar-refractivity contribution in [2.75, 3.05) is 20.3 Å². The van der Waals surface area contributed by atoms with E-state index in [4.69, 9.17) is 26.1 Å². The molecular weight excluding hydrogens is 950 g/mol. The van der Waals surface area contributed by atoms with Crippen molar-refractivity contribution in [1.82, 2.24) is 24.4 Å². The molecule has 0 bridgehead atoms. The van der Waals surface area contributed by atoms with Crippen molar-refractivity contribution in [2.45, 2.75) is 71.0 Å². The molecule has 5 aromatic carbocycles. The summed E-state index contributed by atoms with van der Waals surface area (Å²) in [4.78, 5) is 43.8. The largest absolute Gasteiger partial charge is 0.491 e. The van der Waals surface area contributed by atoms with Gasteiger partial charge in [0.15, 0.2) is 0 Å². The average Bonchev–Trinajstić information content (AvgIpc) is 4.13. The van der Waals surface area contributed by atoms with Crippen LogP contribution in [0.5, 0.6) is 11.6 Å². The second-order valence-electron chi connectivity index (χ2n) is 19.5. The number of hydrogen-bond acceptors (Lipinski definition) is 9.